The van der Waals surface area contributed by atoms with Gasteiger partial charge >= 0.3 is 0 Å². The normalized spacial score (nSPS) is 23.8. The van der Waals surface area contributed by atoms with E-state index >= 15 is 0 Å². The molecule has 1 aliphatic carbocycles. The van der Waals surface area contributed by atoms with Gasteiger partial charge in [-0.05, 0) is 56.5 Å². The highest BCUT2D eigenvalue weighted by Gasteiger charge is 2.27. The lowest BCUT2D eigenvalue weighted by Crippen LogP contribution is -2.42. The van der Waals surface area contributed by atoms with Crippen LogP contribution in [-0.4, -0.2) is 24.5 Å². The molecule has 1 fully saturated rings. The standard InChI is InChI=1S/C16H25ClN2/c1-12-7-8-14(15(17)9-12)11-19(2)16-6-4-3-5-13(16)10-18/h7-9,13,16H,3-6,10-11,18H2,1-2H3. The topological polar surface area (TPSA) is 29.3 Å². The predicted octanol–water partition coefficient (Wildman–Crippen LogP) is 3.60. The number of hydrogen-bond acceptors (Lipinski definition) is 2. The Balaban J connectivity index is 2.04. The average Bonchev–Trinajstić information content (AvgIpc) is 2.41. The van der Waals surface area contributed by atoms with E-state index in [0.717, 1.165) is 18.1 Å². The van der Waals surface area contributed by atoms with Crippen molar-refractivity contribution < 1.29 is 0 Å². The number of halogens is 1. The van der Waals surface area contributed by atoms with Crippen LogP contribution in [-0.2, 0) is 6.54 Å². The Morgan fingerprint density at radius 3 is 2.74 bits per heavy atom. The first kappa shape index (κ1) is 14.8. The minimum absolute atomic E-state index is 0.608. The lowest BCUT2D eigenvalue weighted by molar-refractivity contribution is 0.127. The van der Waals surface area contributed by atoms with Gasteiger partial charge in [0.1, 0.15) is 0 Å². The van der Waals surface area contributed by atoms with E-state index in [0.29, 0.717) is 12.0 Å². The van der Waals surface area contributed by atoms with Gasteiger partial charge in [0.15, 0.2) is 0 Å². The largest absolute Gasteiger partial charge is 0.330 e. The second-order valence-electron chi connectivity index (χ2n) is 5.86. The summed E-state index contributed by atoms with van der Waals surface area (Å²) < 4.78 is 0. The molecule has 0 aliphatic heterocycles. The molecule has 2 rings (SSSR count). The lowest BCUT2D eigenvalue weighted by Gasteiger charge is -2.37. The van der Waals surface area contributed by atoms with Crippen LogP contribution in [0.3, 0.4) is 0 Å². The second kappa shape index (κ2) is 6.74. The Morgan fingerprint density at radius 2 is 2.05 bits per heavy atom. The summed E-state index contributed by atoms with van der Waals surface area (Å²) in [4.78, 5) is 2.44. The van der Waals surface area contributed by atoms with E-state index in [1.165, 1.54) is 36.8 Å². The van der Waals surface area contributed by atoms with E-state index < -0.39 is 0 Å². The Hall–Kier alpha value is -0.570. The maximum Gasteiger partial charge on any atom is 0.0453 e. The molecule has 1 saturated carbocycles. The Morgan fingerprint density at radius 1 is 1.32 bits per heavy atom. The first-order chi connectivity index (χ1) is 9.11. The molecule has 19 heavy (non-hydrogen) atoms. The van der Waals surface area contributed by atoms with Gasteiger partial charge < -0.3 is 5.73 Å². The van der Waals surface area contributed by atoms with Gasteiger partial charge in [-0.3, -0.25) is 4.90 Å². The summed E-state index contributed by atoms with van der Waals surface area (Å²) in [6, 6.07) is 6.94. The number of nitrogens with two attached hydrogens (primary N) is 1. The van der Waals surface area contributed by atoms with Crippen molar-refractivity contribution in [1.82, 2.24) is 4.90 Å². The number of nitrogens with zero attached hydrogens (tertiary/aromatic N) is 1. The van der Waals surface area contributed by atoms with Crippen LogP contribution in [0.1, 0.15) is 36.8 Å². The van der Waals surface area contributed by atoms with Crippen molar-refractivity contribution in [1.29, 1.82) is 0 Å². The highest BCUT2D eigenvalue weighted by atomic mass is 35.5. The first-order valence-corrected chi connectivity index (χ1v) is 7.65. The third kappa shape index (κ3) is 3.71. The van der Waals surface area contributed by atoms with Gasteiger partial charge in [-0.25, -0.2) is 0 Å². The third-order valence-corrected chi connectivity index (χ3v) is 4.72. The summed E-state index contributed by atoms with van der Waals surface area (Å²) in [6.45, 7) is 3.79. The van der Waals surface area contributed by atoms with Crippen LogP contribution in [0.5, 0.6) is 0 Å². The molecule has 2 unspecified atom stereocenters. The minimum Gasteiger partial charge on any atom is -0.330 e. The van der Waals surface area contributed by atoms with Crippen molar-refractivity contribution in [3.63, 3.8) is 0 Å². The number of rotatable bonds is 4. The molecule has 0 aromatic heterocycles. The number of hydrogen-bond donors (Lipinski definition) is 1. The first-order valence-electron chi connectivity index (χ1n) is 7.27. The molecule has 2 atom stereocenters. The molecule has 2 N–H and O–H groups in total. The number of aryl methyl sites for hydroxylation is 1. The maximum absolute atomic E-state index is 6.33. The summed E-state index contributed by atoms with van der Waals surface area (Å²) >= 11 is 6.33. The van der Waals surface area contributed by atoms with E-state index in [1.807, 2.05) is 6.07 Å². The fraction of sp³-hybridized carbons (Fsp3) is 0.625. The molecule has 1 aromatic rings. The molecule has 0 heterocycles. The molecule has 0 saturated heterocycles. The maximum atomic E-state index is 6.33. The van der Waals surface area contributed by atoms with Crippen molar-refractivity contribution in [2.45, 2.75) is 45.2 Å². The van der Waals surface area contributed by atoms with Gasteiger partial charge in [0.05, 0.1) is 0 Å². The van der Waals surface area contributed by atoms with Crippen molar-refractivity contribution in [3.05, 3.63) is 34.3 Å². The third-order valence-electron chi connectivity index (χ3n) is 4.37. The number of benzene rings is 1. The molecule has 0 bridgehead atoms. The van der Waals surface area contributed by atoms with Crippen LogP contribution in [0, 0.1) is 12.8 Å². The molecular weight excluding hydrogens is 256 g/mol. The van der Waals surface area contributed by atoms with E-state index in [4.69, 9.17) is 17.3 Å². The highest BCUT2D eigenvalue weighted by Crippen LogP contribution is 2.29. The van der Waals surface area contributed by atoms with Gasteiger partial charge in [-0.1, -0.05) is 36.6 Å². The quantitative estimate of drug-likeness (QED) is 0.913. The SMILES string of the molecule is Cc1ccc(CN(C)C2CCCCC2CN)c(Cl)c1. The van der Waals surface area contributed by atoms with Crippen LogP contribution in [0.25, 0.3) is 0 Å². The molecule has 1 aliphatic rings. The molecule has 2 nitrogen and oxygen atoms in total. The van der Waals surface area contributed by atoms with Gasteiger partial charge in [0, 0.05) is 17.6 Å². The fourth-order valence-corrected chi connectivity index (χ4v) is 3.50. The van der Waals surface area contributed by atoms with E-state index in [-0.39, 0.29) is 0 Å². The van der Waals surface area contributed by atoms with E-state index in [2.05, 4.69) is 31.0 Å². The molecule has 0 spiro atoms. The second-order valence-corrected chi connectivity index (χ2v) is 6.26. The van der Waals surface area contributed by atoms with Crippen molar-refractivity contribution >= 4 is 11.6 Å². The summed E-state index contributed by atoms with van der Waals surface area (Å²) in [5.41, 5.74) is 8.36. The van der Waals surface area contributed by atoms with Crippen molar-refractivity contribution in [2.75, 3.05) is 13.6 Å². The van der Waals surface area contributed by atoms with Crippen LogP contribution < -0.4 is 5.73 Å². The summed E-state index contributed by atoms with van der Waals surface area (Å²) in [7, 11) is 2.20. The monoisotopic (exact) mass is 280 g/mol. The molecule has 1 aromatic carbocycles. The van der Waals surface area contributed by atoms with Gasteiger partial charge in [0.2, 0.25) is 0 Å². The Labute approximate surface area is 121 Å². The zero-order valence-corrected chi connectivity index (χ0v) is 12.8. The fourth-order valence-electron chi connectivity index (χ4n) is 3.21. The molecule has 3 heteroatoms. The van der Waals surface area contributed by atoms with Crippen LogP contribution in [0.15, 0.2) is 18.2 Å². The lowest BCUT2D eigenvalue weighted by atomic mass is 9.83. The van der Waals surface area contributed by atoms with Crippen molar-refractivity contribution in [3.8, 4) is 0 Å². The predicted molar refractivity (Wildman–Crippen MR) is 82.5 cm³/mol. The van der Waals surface area contributed by atoms with E-state index in [9.17, 15) is 0 Å². The molecule has 0 amide bonds. The molecule has 0 radical (unpaired) electrons. The van der Waals surface area contributed by atoms with E-state index in [1.54, 1.807) is 0 Å². The molecular formula is C16H25ClN2. The van der Waals surface area contributed by atoms with Crippen LogP contribution in [0.2, 0.25) is 5.02 Å². The van der Waals surface area contributed by atoms with Gasteiger partial charge in [0.25, 0.3) is 0 Å². The summed E-state index contributed by atoms with van der Waals surface area (Å²) in [5.74, 6) is 0.642. The summed E-state index contributed by atoms with van der Waals surface area (Å²) in [5, 5.41) is 0.881. The average molecular weight is 281 g/mol. The zero-order valence-electron chi connectivity index (χ0n) is 12.0. The summed E-state index contributed by atoms with van der Waals surface area (Å²) in [6.07, 6.45) is 5.19. The molecule has 106 valence electrons. The smallest absolute Gasteiger partial charge is 0.0453 e. The zero-order chi connectivity index (χ0) is 13.8. The van der Waals surface area contributed by atoms with Crippen LogP contribution >= 0.6 is 11.6 Å². The van der Waals surface area contributed by atoms with Crippen molar-refractivity contribution in [2.24, 2.45) is 11.7 Å². The minimum atomic E-state index is 0.608. The van der Waals surface area contributed by atoms with Crippen LogP contribution in [0.4, 0.5) is 0 Å². The Kier molecular flexibility index (Phi) is 5.26. The van der Waals surface area contributed by atoms with Gasteiger partial charge in [-0.2, -0.15) is 0 Å². The highest BCUT2D eigenvalue weighted by molar-refractivity contribution is 6.31. The Bertz CT molecular complexity index is 419. The van der Waals surface area contributed by atoms with Gasteiger partial charge in [-0.15, -0.1) is 0 Å².